The molecule has 0 unspecified atom stereocenters. The van der Waals surface area contributed by atoms with Crippen LogP contribution in [0.25, 0.3) is 0 Å². The molecule has 3 nitrogen and oxygen atoms in total. The third-order valence-corrected chi connectivity index (χ3v) is 4.52. The van der Waals surface area contributed by atoms with Gasteiger partial charge in [-0.3, -0.25) is 4.79 Å². The highest BCUT2D eigenvalue weighted by Gasteiger charge is 2.29. The van der Waals surface area contributed by atoms with E-state index in [1.165, 1.54) is 17.4 Å². The number of anilines is 1. The van der Waals surface area contributed by atoms with E-state index in [-0.39, 0.29) is 11.7 Å². The van der Waals surface area contributed by atoms with E-state index in [0.29, 0.717) is 11.1 Å². The Labute approximate surface area is 114 Å². The third-order valence-electron chi connectivity index (χ3n) is 3.38. The van der Waals surface area contributed by atoms with Gasteiger partial charge in [-0.1, -0.05) is 18.2 Å². The fourth-order valence-electron chi connectivity index (χ4n) is 2.24. The number of aryl methyl sites for hydroxylation is 1. The van der Waals surface area contributed by atoms with E-state index in [1.54, 1.807) is 18.2 Å². The number of amides is 1. The number of fused-ring (bicyclic) bond motifs is 1. The Bertz CT molecular complexity index is 665. The second kappa shape index (κ2) is 4.35. The van der Waals surface area contributed by atoms with Crippen LogP contribution >= 0.6 is 11.3 Å². The first-order valence-electron chi connectivity index (χ1n) is 5.99. The molecular weight excluding hydrogens is 263 g/mol. The highest BCUT2D eigenvalue weighted by Crippen LogP contribution is 2.37. The highest BCUT2D eigenvalue weighted by molar-refractivity contribution is 7.16. The Hall–Kier alpha value is -1.88. The minimum absolute atomic E-state index is 0.149. The summed E-state index contributed by atoms with van der Waals surface area (Å²) in [4.78, 5) is 13.2. The summed E-state index contributed by atoms with van der Waals surface area (Å²) in [5.41, 5.74) is 2.11. The van der Waals surface area contributed by atoms with Gasteiger partial charge in [0.25, 0.3) is 5.91 Å². The van der Waals surface area contributed by atoms with E-state index in [9.17, 15) is 9.18 Å². The number of thiophene rings is 1. The van der Waals surface area contributed by atoms with Crippen molar-refractivity contribution in [3.8, 4) is 0 Å². The van der Waals surface area contributed by atoms with Crippen molar-refractivity contribution in [2.24, 2.45) is 0 Å². The Morgan fingerprint density at radius 2 is 1.95 bits per heavy atom. The molecule has 0 saturated heterocycles. The van der Waals surface area contributed by atoms with Crippen molar-refractivity contribution in [1.82, 2.24) is 5.32 Å². The zero-order valence-electron chi connectivity index (χ0n) is 10.6. The normalized spacial score (nSPS) is 17.6. The van der Waals surface area contributed by atoms with Crippen molar-refractivity contribution in [3.05, 3.63) is 51.7 Å². The summed E-state index contributed by atoms with van der Waals surface area (Å²) in [6.45, 7) is 3.90. The van der Waals surface area contributed by atoms with Crippen LogP contribution in [0.3, 0.4) is 0 Å². The zero-order chi connectivity index (χ0) is 13.6. The minimum Gasteiger partial charge on any atom is -0.353 e. The molecule has 2 aromatic rings. The molecule has 5 heteroatoms. The van der Waals surface area contributed by atoms with Crippen LogP contribution in [0.4, 0.5) is 9.39 Å². The zero-order valence-corrected chi connectivity index (χ0v) is 11.4. The summed E-state index contributed by atoms with van der Waals surface area (Å²) < 4.78 is 13.8. The number of hydrogen-bond donors (Lipinski definition) is 2. The lowest BCUT2D eigenvalue weighted by Crippen LogP contribution is -2.38. The molecule has 1 aromatic carbocycles. The molecule has 1 aliphatic rings. The lowest BCUT2D eigenvalue weighted by Gasteiger charge is -2.26. The van der Waals surface area contributed by atoms with Crippen LogP contribution in [0, 0.1) is 19.7 Å². The van der Waals surface area contributed by atoms with Gasteiger partial charge in [-0.05, 0) is 25.5 Å². The quantitative estimate of drug-likeness (QED) is 0.838. The second-order valence-corrected chi connectivity index (χ2v) is 5.78. The molecule has 1 atom stereocenters. The Morgan fingerprint density at radius 3 is 2.68 bits per heavy atom. The Balaban J connectivity index is 2.02. The van der Waals surface area contributed by atoms with Crippen LogP contribution in [-0.2, 0) is 0 Å². The number of halogens is 1. The summed E-state index contributed by atoms with van der Waals surface area (Å²) in [6.07, 6.45) is -0.515. The molecule has 1 amide bonds. The largest absolute Gasteiger partial charge is 0.353 e. The molecule has 1 aromatic heterocycles. The maximum atomic E-state index is 13.8. The molecule has 3 rings (SSSR count). The predicted molar refractivity (Wildman–Crippen MR) is 74.0 cm³/mol. The first-order valence-corrected chi connectivity index (χ1v) is 6.81. The van der Waals surface area contributed by atoms with E-state index < -0.39 is 6.17 Å². The molecule has 0 spiro atoms. The van der Waals surface area contributed by atoms with Crippen molar-refractivity contribution < 1.29 is 9.18 Å². The predicted octanol–water partition coefficient (Wildman–Crippen LogP) is 3.36. The molecule has 0 bridgehead atoms. The standard InChI is InChI=1S/C14H13FN2OS/c1-7-8(2)19-14-11(7)13(18)16-12(17-14)9-5-3-4-6-10(9)15/h3-6,12,17H,1-2H3,(H,16,18)/t12-/m0/s1. The smallest absolute Gasteiger partial charge is 0.256 e. The third kappa shape index (κ3) is 1.90. The lowest BCUT2D eigenvalue weighted by molar-refractivity contribution is 0.0935. The van der Waals surface area contributed by atoms with E-state index in [0.717, 1.165) is 15.4 Å². The molecule has 2 heterocycles. The van der Waals surface area contributed by atoms with E-state index in [4.69, 9.17) is 0 Å². The maximum absolute atomic E-state index is 13.8. The lowest BCUT2D eigenvalue weighted by atomic mass is 10.1. The molecule has 0 radical (unpaired) electrons. The van der Waals surface area contributed by atoms with Crippen LogP contribution in [0.15, 0.2) is 24.3 Å². The van der Waals surface area contributed by atoms with Crippen LogP contribution < -0.4 is 10.6 Å². The maximum Gasteiger partial charge on any atom is 0.256 e. The summed E-state index contributed by atoms with van der Waals surface area (Å²) in [6, 6.07) is 6.45. The molecule has 19 heavy (non-hydrogen) atoms. The number of hydrogen-bond acceptors (Lipinski definition) is 3. The highest BCUT2D eigenvalue weighted by atomic mass is 32.1. The molecule has 0 saturated carbocycles. The second-order valence-electron chi connectivity index (χ2n) is 4.56. The molecule has 0 fully saturated rings. The van der Waals surface area contributed by atoms with Crippen molar-refractivity contribution in [1.29, 1.82) is 0 Å². The molecule has 2 N–H and O–H groups in total. The number of rotatable bonds is 1. The molecule has 98 valence electrons. The number of nitrogens with one attached hydrogen (secondary N) is 2. The van der Waals surface area contributed by atoms with Crippen molar-refractivity contribution in [2.45, 2.75) is 20.0 Å². The van der Waals surface area contributed by atoms with Gasteiger partial charge in [0.2, 0.25) is 0 Å². The van der Waals surface area contributed by atoms with Crippen molar-refractivity contribution >= 4 is 22.2 Å². The van der Waals surface area contributed by atoms with E-state index in [2.05, 4.69) is 10.6 Å². The monoisotopic (exact) mass is 276 g/mol. The van der Waals surface area contributed by atoms with Gasteiger partial charge >= 0.3 is 0 Å². The molecule has 1 aliphatic heterocycles. The molecule has 0 aliphatic carbocycles. The fraction of sp³-hybridized carbons (Fsp3) is 0.214. The van der Waals surface area contributed by atoms with Gasteiger partial charge in [-0.25, -0.2) is 4.39 Å². The fourth-order valence-corrected chi connectivity index (χ4v) is 3.32. The molecular formula is C14H13FN2OS. The van der Waals surface area contributed by atoms with Gasteiger partial charge in [0.15, 0.2) is 0 Å². The van der Waals surface area contributed by atoms with Crippen LogP contribution in [0.2, 0.25) is 0 Å². The summed E-state index contributed by atoms with van der Waals surface area (Å²) in [5, 5.41) is 6.81. The first-order chi connectivity index (χ1) is 9.08. The van der Waals surface area contributed by atoms with Crippen molar-refractivity contribution in [3.63, 3.8) is 0 Å². The number of carbonyl (C=O) groups excluding carboxylic acids is 1. The van der Waals surface area contributed by atoms with Crippen LogP contribution in [-0.4, -0.2) is 5.91 Å². The van der Waals surface area contributed by atoms with Gasteiger partial charge < -0.3 is 10.6 Å². The topological polar surface area (TPSA) is 41.1 Å². The Kier molecular flexibility index (Phi) is 2.78. The minimum atomic E-state index is -0.515. The van der Waals surface area contributed by atoms with E-state index in [1.807, 2.05) is 13.8 Å². The van der Waals surface area contributed by atoms with Gasteiger partial charge in [0.05, 0.1) is 5.56 Å². The Morgan fingerprint density at radius 1 is 1.21 bits per heavy atom. The number of carbonyl (C=O) groups is 1. The summed E-state index contributed by atoms with van der Waals surface area (Å²) in [7, 11) is 0. The van der Waals surface area contributed by atoms with Gasteiger partial charge in [-0.2, -0.15) is 0 Å². The summed E-state index contributed by atoms with van der Waals surface area (Å²) in [5.74, 6) is -0.474. The average Bonchev–Trinajstić information content (AvgIpc) is 2.66. The average molecular weight is 276 g/mol. The van der Waals surface area contributed by atoms with Gasteiger partial charge in [0, 0.05) is 10.4 Å². The number of benzene rings is 1. The summed E-state index contributed by atoms with van der Waals surface area (Å²) >= 11 is 1.53. The van der Waals surface area contributed by atoms with Crippen LogP contribution in [0.1, 0.15) is 32.5 Å². The van der Waals surface area contributed by atoms with Crippen LogP contribution in [0.5, 0.6) is 0 Å². The van der Waals surface area contributed by atoms with Gasteiger partial charge in [-0.15, -0.1) is 11.3 Å². The van der Waals surface area contributed by atoms with Crippen molar-refractivity contribution in [2.75, 3.05) is 5.32 Å². The van der Waals surface area contributed by atoms with E-state index >= 15 is 0 Å². The van der Waals surface area contributed by atoms with Gasteiger partial charge in [0.1, 0.15) is 17.0 Å². The SMILES string of the molecule is Cc1sc2c(c1C)C(=O)N[C@H](c1ccccc1F)N2. The first kappa shape index (κ1) is 12.2.